The van der Waals surface area contributed by atoms with Gasteiger partial charge in [0.2, 0.25) is 0 Å². The van der Waals surface area contributed by atoms with E-state index < -0.39 is 0 Å². The molecule has 0 saturated heterocycles. The maximum Gasteiger partial charge on any atom is 0.0733 e. The molecule has 36 valence electrons. The van der Waals surface area contributed by atoms with Gasteiger partial charge in [0.05, 0.1) is 6.04 Å². The van der Waals surface area contributed by atoms with E-state index in [2.05, 4.69) is 30.2 Å². The molecule has 0 amide bonds. The van der Waals surface area contributed by atoms with E-state index >= 15 is 0 Å². The Kier molecular flexibility index (Phi) is 0.359. The second-order valence-electron chi connectivity index (χ2n) is 2.05. The highest BCUT2D eigenvalue weighted by Crippen LogP contribution is 2.29. The van der Waals surface area contributed by atoms with Crippen molar-refractivity contribution in [3.8, 4) is 0 Å². The molecule has 0 aliphatic carbocycles. The molecule has 0 aromatic heterocycles. The summed E-state index contributed by atoms with van der Waals surface area (Å²) in [6.07, 6.45) is 6.55. The van der Waals surface area contributed by atoms with Gasteiger partial charge in [0.15, 0.2) is 0 Å². The van der Waals surface area contributed by atoms with Crippen molar-refractivity contribution in [2.45, 2.75) is 13.0 Å². The zero-order valence-corrected chi connectivity index (χ0v) is 4.26. The van der Waals surface area contributed by atoms with Crippen LogP contribution in [0.5, 0.6) is 0 Å². The van der Waals surface area contributed by atoms with Gasteiger partial charge in [0, 0.05) is 11.9 Å². The lowest BCUT2D eigenvalue weighted by Gasteiger charge is -2.42. The highest BCUT2D eigenvalue weighted by Gasteiger charge is 2.26. The number of allylic oxidation sites excluding steroid dienone is 1. The molecule has 0 radical (unpaired) electrons. The maximum atomic E-state index is 2.25. The van der Waals surface area contributed by atoms with Crippen LogP contribution >= 0.6 is 0 Å². The fourth-order valence-electron chi connectivity index (χ4n) is 1.01. The SMILES string of the molecule is CC1=CC2C=CN12. The zero-order chi connectivity index (χ0) is 4.85. The molecule has 0 aromatic rings. The van der Waals surface area contributed by atoms with Crippen molar-refractivity contribution in [1.29, 1.82) is 0 Å². The quantitative estimate of drug-likeness (QED) is 0.433. The largest absolute Gasteiger partial charge is 0.342 e. The minimum atomic E-state index is 0.681. The first-order chi connectivity index (χ1) is 3.38. The molecule has 0 fully saturated rings. The Morgan fingerprint density at radius 3 is 2.57 bits per heavy atom. The molecular formula is C6H7N. The number of nitrogens with zero attached hydrogens (tertiary/aromatic N) is 1. The number of hydrogen-bond donors (Lipinski definition) is 0. The first-order valence-corrected chi connectivity index (χ1v) is 2.53. The van der Waals surface area contributed by atoms with Crippen LogP contribution in [0.15, 0.2) is 24.0 Å². The molecule has 7 heavy (non-hydrogen) atoms. The van der Waals surface area contributed by atoms with Gasteiger partial charge >= 0.3 is 0 Å². The molecule has 1 nitrogen and oxygen atoms in total. The highest BCUT2D eigenvalue weighted by molar-refractivity contribution is 5.33. The maximum absolute atomic E-state index is 2.25. The second-order valence-corrected chi connectivity index (χ2v) is 2.05. The van der Waals surface area contributed by atoms with Crippen LogP contribution in [0, 0.1) is 0 Å². The van der Waals surface area contributed by atoms with Crippen LogP contribution in [0.3, 0.4) is 0 Å². The lowest BCUT2D eigenvalue weighted by atomic mass is 10.0. The first kappa shape index (κ1) is 3.30. The lowest BCUT2D eigenvalue weighted by Crippen LogP contribution is -2.41. The summed E-state index contributed by atoms with van der Waals surface area (Å²) in [5, 5.41) is 0. The van der Waals surface area contributed by atoms with Crippen molar-refractivity contribution in [1.82, 2.24) is 4.90 Å². The lowest BCUT2D eigenvalue weighted by molar-refractivity contribution is 0.338. The summed E-state index contributed by atoms with van der Waals surface area (Å²) < 4.78 is 0. The van der Waals surface area contributed by atoms with Gasteiger partial charge in [0.1, 0.15) is 0 Å². The average molecular weight is 93.1 g/mol. The Morgan fingerprint density at radius 2 is 2.57 bits per heavy atom. The van der Waals surface area contributed by atoms with E-state index in [0.29, 0.717) is 6.04 Å². The Bertz CT molecular complexity index is 156. The van der Waals surface area contributed by atoms with Gasteiger partial charge in [-0.2, -0.15) is 0 Å². The third-order valence-electron chi connectivity index (χ3n) is 1.58. The molecule has 0 bridgehead atoms. The monoisotopic (exact) mass is 93.1 g/mol. The Hall–Kier alpha value is -0.720. The smallest absolute Gasteiger partial charge is 0.0733 e. The average Bonchev–Trinajstić information content (AvgIpc) is 1.59. The molecule has 2 aliphatic rings. The van der Waals surface area contributed by atoms with Gasteiger partial charge in [-0.1, -0.05) is 0 Å². The van der Waals surface area contributed by atoms with Crippen LogP contribution in [0.1, 0.15) is 6.92 Å². The molecule has 0 saturated carbocycles. The topological polar surface area (TPSA) is 3.24 Å². The van der Waals surface area contributed by atoms with Crippen LogP contribution < -0.4 is 0 Å². The van der Waals surface area contributed by atoms with Crippen LogP contribution in [-0.4, -0.2) is 10.9 Å². The summed E-state index contributed by atoms with van der Waals surface area (Å²) in [6, 6.07) is 0.681. The van der Waals surface area contributed by atoms with E-state index in [1.165, 1.54) is 5.70 Å². The van der Waals surface area contributed by atoms with Crippen LogP contribution in [0.2, 0.25) is 0 Å². The molecule has 0 spiro atoms. The van der Waals surface area contributed by atoms with Crippen molar-refractivity contribution < 1.29 is 0 Å². The van der Waals surface area contributed by atoms with Gasteiger partial charge in [-0.15, -0.1) is 0 Å². The van der Waals surface area contributed by atoms with E-state index in [0.717, 1.165) is 0 Å². The molecule has 2 heterocycles. The fraction of sp³-hybridized carbons (Fsp3) is 0.333. The molecule has 1 atom stereocenters. The van der Waals surface area contributed by atoms with Crippen molar-refractivity contribution in [3.05, 3.63) is 24.0 Å². The summed E-state index contributed by atoms with van der Waals surface area (Å²) in [5.41, 5.74) is 1.40. The van der Waals surface area contributed by atoms with E-state index in [-0.39, 0.29) is 0 Å². The third-order valence-corrected chi connectivity index (χ3v) is 1.58. The Morgan fingerprint density at radius 1 is 1.71 bits per heavy atom. The molecule has 1 heteroatoms. The van der Waals surface area contributed by atoms with Crippen molar-refractivity contribution >= 4 is 0 Å². The fourth-order valence-corrected chi connectivity index (χ4v) is 1.01. The molecule has 2 rings (SSSR count). The van der Waals surface area contributed by atoms with E-state index in [4.69, 9.17) is 0 Å². The standard InChI is InChI=1S/C6H7N/c1-5-4-6-2-3-7(5)6/h2-4,6H,1H3. The number of hydrogen-bond acceptors (Lipinski definition) is 1. The third kappa shape index (κ3) is 0.214. The van der Waals surface area contributed by atoms with E-state index in [1.807, 2.05) is 0 Å². The molecule has 1 unspecified atom stereocenters. The number of fused-ring (bicyclic) bond motifs is 1. The summed E-state index contributed by atoms with van der Waals surface area (Å²) >= 11 is 0. The molecular weight excluding hydrogens is 86.1 g/mol. The van der Waals surface area contributed by atoms with E-state index in [1.54, 1.807) is 0 Å². The number of rotatable bonds is 0. The van der Waals surface area contributed by atoms with Gasteiger partial charge in [0.25, 0.3) is 0 Å². The van der Waals surface area contributed by atoms with Gasteiger partial charge in [-0.05, 0) is 19.1 Å². The first-order valence-electron chi connectivity index (χ1n) is 2.53. The predicted molar refractivity (Wildman–Crippen MR) is 28.5 cm³/mol. The van der Waals surface area contributed by atoms with Gasteiger partial charge in [-0.3, -0.25) is 0 Å². The van der Waals surface area contributed by atoms with Crippen LogP contribution in [0.25, 0.3) is 0 Å². The van der Waals surface area contributed by atoms with E-state index in [9.17, 15) is 0 Å². The predicted octanol–water partition coefficient (Wildman–Crippen LogP) is 1.10. The zero-order valence-electron chi connectivity index (χ0n) is 4.26. The van der Waals surface area contributed by atoms with Gasteiger partial charge < -0.3 is 4.90 Å². The van der Waals surface area contributed by atoms with Crippen LogP contribution in [0.4, 0.5) is 0 Å². The van der Waals surface area contributed by atoms with Crippen molar-refractivity contribution in [3.63, 3.8) is 0 Å². The summed E-state index contributed by atoms with van der Waals surface area (Å²) in [6.45, 7) is 2.12. The minimum Gasteiger partial charge on any atom is -0.342 e. The van der Waals surface area contributed by atoms with Gasteiger partial charge in [-0.25, -0.2) is 0 Å². The van der Waals surface area contributed by atoms with Crippen molar-refractivity contribution in [2.75, 3.05) is 0 Å². The molecule has 0 aromatic carbocycles. The summed E-state index contributed by atoms with van der Waals surface area (Å²) in [7, 11) is 0. The molecule has 2 aliphatic heterocycles. The second kappa shape index (κ2) is 0.760. The van der Waals surface area contributed by atoms with Crippen molar-refractivity contribution in [2.24, 2.45) is 0 Å². The summed E-state index contributed by atoms with van der Waals surface area (Å²) in [5.74, 6) is 0. The Balaban J connectivity index is 2.32. The normalized spacial score (nSPS) is 33.0. The Labute approximate surface area is 42.9 Å². The summed E-state index contributed by atoms with van der Waals surface area (Å²) in [4.78, 5) is 2.25. The molecule has 0 N–H and O–H groups in total. The van der Waals surface area contributed by atoms with Crippen LogP contribution in [-0.2, 0) is 0 Å². The highest BCUT2D eigenvalue weighted by atomic mass is 15.2. The minimum absolute atomic E-state index is 0.681.